The molecular weight excluding hydrogens is 446 g/mol. The van der Waals surface area contributed by atoms with E-state index in [0.29, 0.717) is 12.8 Å². The first-order valence-electron chi connectivity index (χ1n) is 10.8. The molecule has 0 unspecified atom stereocenters. The molecule has 0 aromatic carbocycles. The second-order valence-electron chi connectivity index (χ2n) is 10.3. The van der Waals surface area contributed by atoms with Gasteiger partial charge >= 0.3 is 37.4 Å². The van der Waals surface area contributed by atoms with Crippen molar-refractivity contribution in [1.29, 1.82) is 0 Å². The topological polar surface area (TPSA) is 141 Å². The van der Waals surface area contributed by atoms with E-state index in [1.807, 2.05) is 13.0 Å². The van der Waals surface area contributed by atoms with Crippen LogP contribution in [0.2, 0.25) is 0 Å². The number of hydrogen-bond donors (Lipinski definition) is 4. The predicted molar refractivity (Wildman–Crippen MR) is 118 cm³/mol. The van der Waals surface area contributed by atoms with Crippen LogP contribution in [0.25, 0.3) is 0 Å². The van der Waals surface area contributed by atoms with Crippen LogP contribution in [0.3, 0.4) is 0 Å². The number of phosphoric acid groups is 1. The molecule has 8 nitrogen and oxygen atoms in total. The molecule has 4 rings (SSSR count). The van der Waals surface area contributed by atoms with Crippen LogP contribution in [-0.4, -0.2) is 79.4 Å². The third-order valence-electron chi connectivity index (χ3n) is 8.81. The molecule has 3 saturated carbocycles. The fourth-order valence-electron chi connectivity index (χ4n) is 7.73. The molecule has 32 heavy (non-hydrogen) atoms. The van der Waals surface area contributed by atoms with Gasteiger partial charge < -0.3 is 20.0 Å². The third-order valence-corrected chi connectivity index (χ3v) is 9.36. The van der Waals surface area contributed by atoms with Gasteiger partial charge in [-0.1, -0.05) is 32.4 Å². The quantitative estimate of drug-likeness (QED) is 0.350. The minimum atomic E-state index is -5.04. The third kappa shape index (κ3) is 3.71. The molecule has 0 heterocycles. The van der Waals surface area contributed by atoms with E-state index < -0.39 is 42.7 Å². The molecule has 0 amide bonds. The molecule has 3 fully saturated rings. The molecule has 174 valence electrons. The Morgan fingerprint density at radius 2 is 1.97 bits per heavy atom. The zero-order valence-corrected chi connectivity index (χ0v) is 18.9. The molecule has 0 saturated heterocycles. The Hall–Kier alpha value is -0.150. The predicted octanol–water partition coefficient (Wildman–Crippen LogP) is 1.27. The first kappa shape index (κ1) is 26.5. The number of aliphatic hydroxyl groups excluding tert-OH is 2. The molecule has 4 aliphatic rings. The van der Waals surface area contributed by atoms with Gasteiger partial charge in [0.05, 0.1) is 6.10 Å². The van der Waals surface area contributed by atoms with Gasteiger partial charge in [0, 0.05) is 16.7 Å². The van der Waals surface area contributed by atoms with Gasteiger partial charge in [-0.05, 0) is 55.6 Å². The van der Waals surface area contributed by atoms with Crippen molar-refractivity contribution in [2.24, 2.45) is 34.5 Å². The van der Waals surface area contributed by atoms with Gasteiger partial charge in [-0.25, -0.2) is 4.57 Å². The summed E-state index contributed by atoms with van der Waals surface area (Å²) in [5.41, 5.74) is -2.39. The zero-order chi connectivity index (χ0) is 23.0. The second-order valence-corrected chi connectivity index (χ2v) is 11.4. The number of fused-ring (bicyclic) bond motifs is 5. The van der Waals surface area contributed by atoms with Gasteiger partial charge in [0.15, 0.2) is 11.6 Å². The number of ketones is 2. The van der Waals surface area contributed by atoms with Gasteiger partial charge in [0.25, 0.3) is 0 Å². The SMILES string of the molecule is C[C@H]1C[C@@H]2[C@H]([C@@H](O)C[C@@]3(C)[C@H]2CC[C@]3(OP(=O)(O)O)C(=O)CO)[C@@]2(C)C=CC(=O)C=C12.[NaH]. The van der Waals surface area contributed by atoms with Crippen LogP contribution >= 0.6 is 7.82 Å². The molecule has 10 heteroatoms. The van der Waals surface area contributed by atoms with Crippen molar-refractivity contribution >= 4 is 48.9 Å². The molecule has 0 radical (unpaired) electrons. The van der Waals surface area contributed by atoms with Crippen molar-refractivity contribution in [2.75, 3.05) is 6.61 Å². The monoisotopic (exact) mass is 478 g/mol. The van der Waals surface area contributed by atoms with Crippen molar-refractivity contribution < 1.29 is 38.7 Å². The summed E-state index contributed by atoms with van der Waals surface area (Å²) in [5.74, 6) is -1.08. The maximum absolute atomic E-state index is 12.9. The number of aliphatic hydroxyl groups is 2. The molecule has 4 N–H and O–H groups in total. The molecule has 4 aliphatic carbocycles. The first-order chi connectivity index (χ1) is 14.3. The number of rotatable bonds is 4. The van der Waals surface area contributed by atoms with E-state index in [2.05, 4.69) is 6.92 Å². The first-order valence-corrected chi connectivity index (χ1v) is 12.4. The van der Waals surface area contributed by atoms with Crippen molar-refractivity contribution in [1.82, 2.24) is 0 Å². The van der Waals surface area contributed by atoms with Crippen LogP contribution in [0.15, 0.2) is 23.8 Å². The Morgan fingerprint density at radius 1 is 1.31 bits per heavy atom. The standard InChI is InChI=1S/C22H31O8P.Na.H/c1-12-8-14-15-5-7-22(18(26)11-23,30-31(27,28)29)21(15,3)10-17(25)19(14)20(2)6-4-13(24)9-16(12)20;;/h4,6,9,12,14-15,17,19,23,25H,5,7-8,10-11H2,1-3H3,(H2,27,28,29);;/t12-,14-,15-,17-,19+,20-,21-,22-;;/m0../s1. The molecule has 0 aliphatic heterocycles. The van der Waals surface area contributed by atoms with Crippen molar-refractivity contribution in [3.63, 3.8) is 0 Å². The van der Waals surface area contributed by atoms with Gasteiger partial charge in [0.2, 0.25) is 0 Å². The molecular formula is C22H32NaO8P. The number of phosphoric ester groups is 1. The number of carbonyl (C=O) groups excluding carboxylic acids is 2. The summed E-state index contributed by atoms with van der Waals surface area (Å²) in [5, 5.41) is 21.0. The zero-order valence-electron chi connectivity index (χ0n) is 18.0. The fraction of sp³-hybridized carbons (Fsp3) is 0.727. The number of carbonyl (C=O) groups is 2. The number of Topliss-reactive ketones (excluding diaryl/α,β-unsaturated/α-hetero) is 1. The Bertz CT molecular complexity index is 927. The number of allylic oxidation sites excluding steroid dienone is 4. The molecule has 0 aromatic rings. The van der Waals surface area contributed by atoms with Crippen molar-refractivity contribution in [3.05, 3.63) is 23.8 Å². The van der Waals surface area contributed by atoms with Crippen molar-refractivity contribution in [3.8, 4) is 0 Å². The fourth-order valence-corrected chi connectivity index (χ4v) is 8.53. The van der Waals surface area contributed by atoms with Gasteiger partial charge in [-0.15, -0.1) is 0 Å². The normalized spacial score (nSPS) is 45.3. The van der Waals surface area contributed by atoms with E-state index in [1.54, 1.807) is 19.1 Å². The van der Waals surface area contributed by atoms with E-state index in [4.69, 9.17) is 4.52 Å². The average Bonchev–Trinajstić information content (AvgIpc) is 2.93. The summed E-state index contributed by atoms with van der Waals surface area (Å²) in [4.78, 5) is 44.1. The van der Waals surface area contributed by atoms with Crippen LogP contribution in [0.1, 0.15) is 46.5 Å². The summed E-state index contributed by atoms with van der Waals surface area (Å²) in [6, 6.07) is 0. The molecule has 0 spiro atoms. The summed E-state index contributed by atoms with van der Waals surface area (Å²) in [6.07, 6.45) is 5.63. The Labute approximate surface area is 210 Å². The van der Waals surface area contributed by atoms with Crippen LogP contribution in [0.5, 0.6) is 0 Å². The van der Waals surface area contributed by atoms with E-state index in [9.17, 15) is 34.2 Å². The van der Waals surface area contributed by atoms with Crippen LogP contribution in [0, 0.1) is 34.5 Å². The van der Waals surface area contributed by atoms with E-state index in [-0.39, 0.29) is 71.9 Å². The minimum absolute atomic E-state index is 0. The molecule has 0 bridgehead atoms. The Balaban J connectivity index is 0.00000289. The van der Waals surface area contributed by atoms with E-state index in [0.717, 1.165) is 5.57 Å². The van der Waals surface area contributed by atoms with Crippen molar-refractivity contribution in [2.45, 2.75) is 58.2 Å². The summed E-state index contributed by atoms with van der Waals surface area (Å²) >= 11 is 0. The van der Waals surface area contributed by atoms with Gasteiger partial charge in [-0.3, -0.25) is 14.1 Å². The van der Waals surface area contributed by atoms with Gasteiger partial charge in [-0.2, -0.15) is 0 Å². The summed E-state index contributed by atoms with van der Waals surface area (Å²) in [7, 11) is -5.04. The van der Waals surface area contributed by atoms with Crippen LogP contribution in [-0.2, 0) is 18.7 Å². The second kappa shape index (κ2) is 8.51. The molecule has 8 atom stereocenters. The van der Waals surface area contributed by atoms with Gasteiger partial charge in [0.1, 0.15) is 12.2 Å². The van der Waals surface area contributed by atoms with Crippen LogP contribution in [0.4, 0.5) is 0 Å². The van der Waals surface area contributed by atoms with E-state index in [1.165, 1.54) is 0 Å². The van der Waals surface area contributed by atoms with Crippen LogP contribution < -0.4 is 0 Å². The number of hydrogen-bond acceptors (Lipinski definition) is 6. The maximum atomic E-state index is 12.9. The van der Waals surface area contributed by atoms with E-state index >= 15 is 0 Å². The summed E-state index contributed by atoms with van der Waals surface area (Å²) < 4.78 is 17.0. The average molecular weight is 478 g/mol. The summed E-state index contributed by atoms with van der Waals surface area (Å²) in [6.45, 7) is 4.96. The molecule has 0 aromatic heterocycles. The Morgan fingerprint density at radius 3 is 2.56 bits per heavy atom. The Kier molecular flexibility index (Phi) is 7.03.